The maximum Gasteiger partial charge on any atom is 0.340 e. The average Bonchev–Trinajstić information content (AvgIpc) is 3.17. The van der Waals surface area contributed by atoms with Crippen LogP contribution in [0.1, 0.15) is 56.6 Å². The van der Waals surface area contributed by atoms with Crippen molar-refractivity contribution < 1.29 is 64.0 Å². The van der Waals surface area contributed by atoms with Crippen LogP contribution in [0, 0.1) is 17.3 Å². The van der Waals surface area contributed by atoms with E-state index in [0.29, 0.717) is 0 Å². The fourth-order valence-corrected chi connectivity index (χ4v) is 7.82. The number of carbonyl (C=O) groups excluding carboxylic acids is 3. The summed E-state index contributed by atoms with van der Waals surface area (Å²) in [5, 5.41) is 69.0. The molecule has 4 bridgehead atoms. The van der Waals surface area contributed by atoms with E-state index in [9.17, 15) is 45.0 Å². The first kappa shape index (κ1) is 30.7. The Hall–Kier alpha value is -2.72. The Bertz CT molecular complexity index is 1290. The Morgan fingerprint density at radius 3 is 2.36 bits per heavy atom. The molecule has 14 heteroatoms. The van der Waals surface area contributed by atoms with E-state index in [-0.39, 0.29) is 11.3 Å². The summed E-state index contributed by atoms with van der Waals surface area (Å²) >= 11 is 0. The first-order chi connectivity index (χ1) is 19.5. The molecule has 42 heavy (non-hydrogen) atoms. The van der Waals surface area contributed by atoms with Crippen molar-refractivity contribution in [2.24, 2.45) is 17.3 Å². The number of aliphatic hydroxyl groups excluding tert-OH is 5. The van der Waals surface area contributed by atoms with E-state index < -0.39 is 108 Å². The number of ether oxygens (including phenoxy) is 4. The van der Waals surface area contributed by atoms with E-state index in [0.717, 1.165) is 13.8 Å². The standard InChI is InChI=1S/C28H37NO13/c1-11-12(2)23(36)41-22-18(33)20(35)27(9-30)19(34)17(32)15-21(40-13(3)31)28(27,26(22,5)38)42-25(15,4)10-39-24(37)14-7-6-8-29-16(11)14/h6-8,11-12,15,17-22,30,32-35,38H,9-10H2,1-5H3. The molecule has 232 valence electrons. The van der Waals surface area contributed by atoms with Crippen LogP contribution in [0.15, 0.2) is 18.3 Å². The second kappa shape index (κ2) is 9.91. The van der Waals surface area contributed by atoms with Gasteiger partial charge in [0.2, 0.25) is 0 Å². The molecule has 1 aromatic rings. The fourth-order valence-electron chi connectivity index (χ4n) is 7.82. The number of aliphatic hydroxyl groups is 6. The largest absolute Gasteiger partial charge is 0.459 e. The number of cyclic esters (lactones) is 1. The fraction of sp³-hybridized carbons (Fsp3) is 0.714. The second-order valence-electron chi connectivity index (χ2n) is 12.4. The van der Waals surface area contributed by atoms with E-state index >= 15 is 0 Å². The van der Waals surface area contributed by atoms with Gasteiger partial charge in [0, 0.05) is 19.0 Å². The molecule has 1 aromatic heterocycles. The van der Waals surface area contributed by atoms with Crippen LogP contribution in [-0.2, 0) is 28.5 Å². The Balaban J connectivity index is 1.80. The quantitative estimate of drug-likeness (QED) is 0.164. The minimum absolute atomic E-state index is 0.0360. The van der Waals surface area contributed by atoms with Crippen LogP contribution in [0.2, 0.25) is 0 Å². The Morgan fingerprint density at radius 1 is 1.10 bits per heavy atom. The molecule has 3 fully saturated rings. The van der Waals surface area contributed by atoms with Crippen molar-refractivity contribution >= 4 is 17.9 Å². The van der Waals surface area contributed by atoms with E-state index in [4.69, 9.17) is 18.9 Å². The molecule has 2 saturated carbocycles. The molecule has 1 spiro atoms. The molecule has 3 heterocycles. The number of aromatic nitrogens is 1. The molecule has 1 saturated heterocycles. The molecule has 13 atom stereocenters. The topological polar surface area (TPSA) is 222 Å². The third kappa shape index (κ3) is 3.69. The van der Waals surface area contributed by atoms with Crippen molar-refractivity contribution in [3.63, 3.8) is 0 Å². The van der Waals surface area contributed by atoms with Crippen LogP contribution in [0.3, 0.4) is 0 Å². The van der Waals surface area contributed by atoms with Gasteiger partial charge in [-0.15, -0.1) is 0 Å². The van der Waals surface area contributed by atoms with Gasteiger partial charge in [-0.25, -0.2) is 4.79 Å². The predicted molar refractivity (Wildman–Crippen MR) is 137 cm³/mol. The third-order valence-corrected chi connectivity index (χ3v) is 10.1. The highest BCUT2D eigenvalue weighted by atomic mass is 16.6. The van der Waals surface area contributed by atoms with Gasteiger partial charge in [0.1, 0.15) is 30.0 Å². The van der Waals surface area contributed by atoms with Gasteiger partial charge in [-0.3, -0.25) is 14.6 Å². The lowest BCUT2D eigenvalue weighted by atomic mass is 9.45. The van der Waals surface area contributed by atoms with Gasteiger partial charge in [-0.2, -0.15) is 0 Å². The summed E-state index contributed by atoms with van der Waals surface area (Å²) in [6, 6.07) is 2.96. The van der Waals surface area contributed by atoms with Crippen molar-refractivity contribution in [3.05, 3.63) is 29.6 Å². The third-order valence-electron chi connectivity index (χ3n) is 10.1. The molecule has 14 nitrogen and oxygen atoms in total. The van der Waals surface area contributed by atoms with Crippen molar-refractivity contribution in [3.8, 4) is 0 Å². The lowest BCUT2D eigenvalue weighted by molar-refractivity contribution is -0.386. The monoisotopic (exact) mass is 595 g/mol. The summed E-state index contributed by atoms with van der Waals surface area (Å²) in [7, 11) is 0. The van der Waals surface area contributed by atoms with Crippen LogP contribution >= 0.6 is 0 Å². The van der Waals surface area contributed by atoms with Crippen LogP contribution < -0.4 is 0 Å². The van der Waals surface area contributed by atoms with Gasteiger partial charge in [-0.05, 0) is 26.0 Å². The number of rotatable bonds is 2. The number of fused-ring (bicyclic) bond motifs is 5. The minimum atomic E-state index is -2.60. The molecule has 5 rings (SSSR count). The van der Waals surface area contributed by atoms with Crippen molar-refractivity contribution in [2.45, 2.75) is 94.0 Å². The molecule has 6 N–H and O–H groups in total. The maximum absolute atomic E-state index is 13.5. The number of esters is 3. The molecule has 2 aliphatic heterocycles. The Labute approximate surface area is 241 Å². The van der Waals surface area contributed by atoms with Crippen molar-refractivity contribution in [1.82, 2.24) is 4.98 Å². The summed E-state index contributed by atoms with van der Waals surface area (Å²) in [6.45, 7) is 4.83. The van der Waals surface area contributed by atoms with Gasteiger partial charge in [0.05, 0.1) is 53.4 Å². The van der Waals surface area contributed by atoms with Crippen LogP contribution in [0.25, 0.3) is 0 Å². The number of hydrogen-bond acceptors (Lipinski definition) is 14. The van der Waals surface area contributed by atoms with E-state index in [2.05, 4.69) is 4.98 Å². The molecule has 0 aromatic carbocycles. The zero-order chi connectivity index (χ0) is 31.2. The number of nitrogens with zero attached hydrogens (tertiary/aromatic N) is 1. The van der Waals surface area contributed by atoms with Gasteiger partial charge in [0.25, 0.3) is 0 Å². The molecular weight excluding hydrogens is 558 g/mol. The van der Waals surface area contributed by atoms with E-state index in [1.165, 1.54) is 32.2 Å². The summed E-state index contributed by atoms with van der Waals surface area (Å²) in [5.74, 6) is -5.87. The highest BCUT2D eigenvalue weighted by Gasteiger charge is 2.88. The highest BCUT2D eigenvalue weighted by Crippen LogP contribution is 2.68. The smallest absolute Gasteiger partial charge is 0.340 e. The van der Waals surface area contributed by atoms with Crippen LogP contribution in [0.5, 0.6) is 0 Å². The van der Waals surface area contributed by atoms with Gasteiger partial charge < -0.3 is 49.6 Å². The first-order valence-electron chi connectivity index (χ1n) is 13.8. The van der Waals surface area contributed by atoms with Crippen LogP contribution in [0.4, 0.5) is 0 Å². The molecule has 4 aliphatic rings. The number of carbonyl (C=O) groups is 3. The van der Waals surface area contributed by atoms with E-state index in [1.54, 1.807) is 6.92 Å². The minimum Gasteiger partial charge on any atom is -0.459 e. The molecular formula is C28H37NO13. The van der Waals surface area contributed by atoms with E-state index in [1.807, 2.05) is 0 Å². The number of hydrogen-bond donors (Lipinski definition) is 6. The molecule has 2 aliphatic carbocycles. The first-order valence-corrected chi connectivity index (χ1v) is 13.8. The van der Waals surface area contributed by atoms with Crippen molar-refractivity contribution in [2.75, 3.05) is 13.2 Å². The Morgan fingerprint density at radius 2 is 1.74 bits per heavy atom. The van der Waals surface area contributed by atoms with Gasteiger partial charge in [0.15, 0.2) is 11.7 Å². The second-order valence-corrected chi connectivity index (χ2v) is 12.4. The number of pyridine rings is 1. The predicted octanol–water partition coefficient (Wildman–Crippen LogP) is -1.82. The molecule has 0 radical (unpaired) electrons. The lowest BCUT2D eigenvalue weighted by Gasteiger charge is -2.66. The summed E-state index contributed by atoms with van der Waals surface area (Å²) < 4.78 is 23.4. The lowest BCUT2D eigenvalue weighted by Crippen LogP contribution is -2.88. The zero-order valence-electron chi connectivity index (χ0n) is 23.8. The SMILES string of the molecule is CC(=O)OC1C2C(O)C(O)C3(CO)C(O)C(O)C4OC(=O)C(C)C(C)c5ncccc5C(=O)OCC2(C)OC13C4(C)O. The molecule has 0 amide bonds. The normalized spacial score (nSPS) is 48.5. The highest BCUT2D eigenvalue weighted by molar-refractivity contribution is 5.91. The zero-order valence-corrected chi connectivity index (χ0v) is 23.8. The Kier molecular flexibility index (Phi) is 7.25. The van der Waals surface area contributed by atoms with Gasteiger partial charge in [-0.1, -0.05) is 13.8 Å². The summed E-state index contributed by atoms with van der Waals surface area (Å²) in [4.78, 5) is 43.7. The summed E-state index contributed by atoms with van der Waals surface area (Å²) in [6.07, 6.45) is -10.5. The van der Waals surface area contributed by atoms with Crippen molar-refractivity contribution in [1.29, 1.82) is 0 Å². The average molecular weight is 596 g/mol. The van der Waals surface area contributed by atoms with Crippen LogP contribution in [-0.4, -0.2) is 120 Å². The molecule has 13 unspecified atom stereocenters. The maximum atomic E-state index is 13.5. The van der Waals surface area contributed by atoms with Gasteiger partial charge >= 0.3 is 17.9 Å². The summed E-state index contributed by atoms with van der Waals surface area (Å²) in [5.41, 5.74) is -9.21.